The summed E-state index contributed by atoms with van der Waals surface area (Å²) in [4.78, 5) is 18.6. The van der Waals surface area contributed by atoms with E-state index >= 15 is 0 Å². The largest absolute Gasteiger partial charge is 0.444 e. The summed E-state index contributed by atoms with van der Waals surface area (Å²) in [5.74, 6) is 0.334. The molecular formula is C18H23N3O2. The average molecular weight is 313 g/mol. The molecular weight excluding hydrogens is 290 g/mol. The van der Waals surface area contributed by atoms with Crippen molar-refractivity contribution in [2.24, 2.45) is 0 Å². The Labute approximate surface area is 136 Å². The van der Waals surface area contributed by atoms with E-state index < -0.39 is 0 Å². The summed E-state index contributed by atoms with van der Waals surface area (Å²) in [7, 11) is 3.99. The second-order valence-electron chi connectivity index (χ2n) is 6.29. The van der Waals surface area contributed by atoms with Crippen LogP contribution in [0.4, 0.5) is 5.69 Å². The number of carbonyl (C=O) groups is 1. The van der Waals surface area contributed by atoms with Crippen molar-refractivity contribution in [1.82, 2.24) is 10.3 Å². The lowest BCUT2D eigenvalue weighted by Gasteiger charge is -2.22. The van der Waals surface area contributed by atoms with Crippen molar-refractivity contribution in [3.8, 4) is 11.5 Å². The van der Waals surface area contributed by atoms with Crippen molar-refractivity contribution in [1.29, 1.82) is 0 Å². The minimum absolute atomic E-state index is 0.142. The average Bonchev–Trinajstić information content (AvgIpc) is 3.06. The third kappa shape index (κ3) is 3.73. The molecule has 0 aliphatic heterocycles. The van der Waals surface area contributed by atoms with Gasteiger partial charge in [0.05, 0.1) is 0 Å². The smallest absolute Gasteiger partial charge is 0.273 e. The van der Waals surface area contributed by atoms with Crippen LogP contribution in [-0.4, -0.2) is 31.0 Å². The Kier molecular flexibility index (Phi) is 4.65. The third-order valence-corrected chi connectivity index (χ3v) is 4.31. The van der Waals surface area contributed by atoms with Gasteiger partial charge in [0, 0.05) is 31.4 Å². The number of benzene rings is 1. The molecule has 0 bridgehead atoms. The van der Waals surface area contributed by atoms with Gasteiger partial charge in [-0.1, -0.05) is 19.3 Å². The molecule has 1 N–H and O–H groups in total. The lowest BCUT2D eigenvalue weighted by molar-refractivity contribution is 0.0922. The van der Waals surface area contributed by atoms with E-state index in [1.165, 1.54) is 25.5 Å². The fraction of sp³-hybridized carbons (Fsp3) is 0.444. The molecule has 1 heterocycles. The summed E-state index contributed by atoms with van der Waals surface area (Å²) >= 11 is 0. The number of anilines is 1. The van der Waals surface area contributed by atoms with Crippen LogP contribution in [0.5, 0.6) is 0 Å². The molecule has 0 atom stereocenters. The highest BCUT2D eigenvalue weighted by atomic mass is 16.3. The monoisotopic (exact) mass is 313 g/mol. The lowest BCUT2D eigenvalue weighted by atomic mass is 9.95. The molecule has 1 aliphatic carbocycles. The van der Waals surface area contributed by atoms with Gasteiger partial charge in [0.2, 0.25) is 5.89 Å². The first-order chi connectivity index (χ1) is 11.1. The summed E-state index contributed by atoms with van der Waals surface area (Å²) in [6, 6.07) is 8.17. The van der Waals surface area contributed by atoms with Gasteiger partial charge in [-0.15, -0.1) is 0 Å². The quantitative estimate of drug-likeness (QED) is 0.939. The highest BCUT2D eigenvalue weighted by Gasteiger charge is 2.19. The van der Waals surface area contributed by atoms with Crippen LogP contribution in [-0.2, 0) is 0 Å². The number of amides is 1. The number of hydrogen-bond donors (Lipinski definition) is 1. The van der Waals surface area contributed by atoms with Gasteiger partial charge in [0.25, 0.3) is 5.91 Å². The molecule has 1 saturated carbocycles. The minimum atomic E-state index is -0.142. The first-order valence-corrected chi connectivity index (χ1v) is 8.17. The SMILES string of the molecule is CN(C)c1ccc(-c2nc(C(=O)NC3CCCCC3)co2)cc1. The van der Waals surface area contributed by atoms with Crippen LogP contribution in [0.1, 0.15) is 42.6 Å². The van der Waals surface area contributed by atoms with Gasteiger partial charge in [0.15, 0.2) is 5.69 Å². The summed E-state index contributed by atoms with van der Waals surface area (Å²) in [5.41, 5.74) is 2.32. The lowest BCUT2D eigenvalue weighted by Crippen LogP contribution is -2.36. The topological polar surface area (TPSA) is 58.4 Å². The first kappa shape index (κ1) is 15.6. The van der Waals surface area contributed by atoms with Crippen LogP contribution in [0.3, 0.4) is 0 Å². The van der Waals surface area contributed by atoms with Gasteiger partial charge in [-0.05, 0) is 37.1 Å². The molecule has 0 spiro atoms. The molecule has 1 amide bonds. The van der Waals surface area contributed by atoms with Crippen LogP contribution in [0, 0.1) is 0 Å². The Bertz CT molecular complexity index is 655. The molecule has 1 aromatic heterocycles. The number of aromatic nitrogens is 1. The van der Waals surface area contributed by atoms with E-state index in [1.807, 2.05) is 43.3 Å². The molecule has 0 unspecified atom stereocenters. The van der Waals surface area contributed by atoms with Gasteiger partial charge >= 0.3 is 0 Å². The molecule has 0 radical (unpaired) electrons. The van der Waals surface area contributed by atoms with E-state index in [9.17, 15) is 4.79 Å². The van der Waals surface area contributed by atoms with Crippen molar-refractivity contribution in [3.63, 3.8) is 0 Å². The zero-order valence-corrected chi connectivity index (χ0v) is 13.7. The highest BCUT2D eigenvalue weighted by molar-refractivity contribution is 5.92. The van der Waals surface area contributed by atoms with Crippen molar-refractivity contribution in [2.45, 2.75) is 38.1 Å². The number of oxazole rings is 1. The van der Waals surface area contributed by atoms with Crippen molar-refractivity contribution in [3.05, 3.63) is 36.2 Å². The first-order valence-electron chi connectivity index (χ1n) is 8.17. The standard InChI is InChI=1S/C18H23N3O2/c1-21(2)15-10-8-13(9-11-15)18-20-16(12-23-18)17(22)19-14-6-4-3-5-7-14/h8-12,14H,3-7H2,1-2H3,(H,19,22). The van der Waals surface area contributed by atoms with E-state index in [0.717, 1.165) is 24.1 Å². The Hall–Kier alpha value is -2.30. The Morgan fingerprint density at radius 2 is 1.87 bits per heavy atom. The predicted molar refractivity (Wildman–Crippen MR) is 90.6 cm³/mol. The van der Waals surface area contributed by atoms with E-state index in [-0.39, 0.29) is 11.9 Å². The molecule has 5 nitrogen and oxygen atoms in total. The number of nitrogens with zero attached hydrogens (tertiary/aromatic N) is 2. The third-order valence-electron chi connectivity index (χ3n) is 4.31. The molecule has 2 aromatic rings. The van der Waals surface area contributed by atoms with Crippen LogP contribution < -0.4 is 10.2 Å². The maximum atomic E-state index is 12.3. The van der Waals surface area contributed by atoms with Crippen LogP contribution in [0.15, 0.2) is 34.9 Å². The van der Waals surface area contributed by atoms with Gasteiger partial charge in [0.1, 0.15) is 6.26 Å². The van der Waals surface area contributed by atoms with Crippen molar-refractivity contribution in [2.75, 3.05) is 19.0 Å². The summed E-state index contributed by atoms with van der Waals surface area (Å²) in [5, 5.41) is 3.06. The molecule has 5 heteroatoms. The molecule has 23 heavy (non-hydrogen) atoms. The molecule has 1 fully saturated rings. The second kappa shape index (κ2) is 6.86. The normalized spacial score (nSPS) is 15.4. The molecule has 3 rings (SSSR count). The summed E-state index contributed by atoms with van der Waals surface area (Å²) < 4.78 is 5.48. The summed E-state index contributed by atoms with van der Waals surface area (Å²) in [6.45, 7) is 0. The zero-order valence-electron chi connectivity index (χ0n) is 13.7. The van der Waals surface area contributed by atoms with E-state index in [2.05, 4.69) is 10.3 Å². The van der Waals surface area contributed by atoms with E-state index in [1.54, 1.807) is 0 Å². The second-order valence-corrected chi connectivity index (χ2v) is 6.29. The van der Waals surface area contributed by atoms with E-state index in [4.69, 9.17) is 4.42 Å². The van der Waals surface area contributed by atoms with Crippen molar-refractivity contribution >= 4 is 11.6 Å². The summed E-state index contributed by atoms with van der Waals surface area (Å²) in [6.07, 6.45) is 7.20. The number of hydrogen-bond acceptors (Lipinski definition) is 4. The Balaban J connectivity index is 1.68. The maximum absolute atomic E-state index is 12.3. The van der Waals surface area contributed by atoms with Gasteiger partial charge in [-0.3, -0.25) is 4.79 Å². The van der Waals surface area contributed by atoms with Gasteiger partial charge in [-0.2, -0.15) is 0 Å². The number of rotatable bonds is 4. The molecule has 1 aromatic carbocycles. The van der Waals surface area contributed by atoms with Gasteiger partial charge < -0.3 is 14.6 Å². The Morgan fingerprint density at radius 3 is 2.52 bits per heavy atom. The molecule has 122 valence electrons. The van der Waals surface area contributed by atoms with Crippen LogP contribution in [0.25, 0.3) is 11.5 Å². The molecule has 1 aliphatic rings. The predicted octanol–water partition coefficient (Wildman–Crippen LogP) is 3.47. The Morgan fingerprint density at radius 1 is 1.17 bits per heavy atom. The highest BCUT2D eigenvalue weighted by Crippen LogP contribution is 2.22. The fourth-order valence-corrected chi connectivity index (χ4v) is 2.92. The zero-order chi connectivity index (χ0) is 16.2. The van der Waals surface area contributed by atoms with Crippen LogP contribution >= 0.6 is 0 Å². The maximum Gasteiger partial charge on any atom is 0.273 e. The van der Waals surface area contributed by atoms with Gasteiger partial charge in [-0.25, -0.2) is 4.98 Å². The van der Waals surface area contributed by atoms with Crippen LogP contribution in [0.2, 0.25) is 0 Å². The fourth-order valence-electron chi connectivity index (χ4n) is 2.92. The van der Waals surface area contributed by atoms with Crippen molar-refractivity contribution < 1.29 is 9.21 Å². The minimum Gasteiger partial charge on any atom is -0.444 e. The molecule has 0 saturated heterocycles. The number of nitrogens with one attached hydrogen (secondary N) is 1. The van der Waals surface area contributed by atoms with E-state index in [0.29, 0.717) is 11.6 Å². The number of carbonyl (C=O) groups excluding carboxylic acids is 1.